The van der Waals surface area contributed by atoms with E-state index in [1.165, 1.54) is 0 Å². The first kappa shape index (κ1) is 10.1. The third-order valence-corrected chi connectivity index (χ3v) is 2.56. The lowest BCUT2D eigenvalue weighted by Gasteiger charge is -2.03. The van der Waals surface area contributed by atoms with Crippen molar-refractivity contribution in [1.82, 2.24) is 4.98 Å². The smallest absolute Gasteiger partial charge is 0.252 e. The SMILES string of the molecule is COc1ccc2cc(CCl)c(=O)[nH]c2c1. The van der Waals surface area contributed by atoms with E-state index in [1.807, 2.05) is 12.1 Å². The van der Waals surface area contributed by atoms with E-state index in [9.17, 15) is 4.79 Å². The van der Waals surface area contributed by atoms with Gasteiger partial charge in [0, 0.05) is 11.6 Å². The van der Waals surface area contributed by atoms with Crippen molar-refractivity contribution in [3.8, 4) is 5.75 Å². The van der Waals surface area contributed by atoms with Crippen LogP contribution in [-0.4, -0.2) is 12.1 Å². The largest absolute Gasteiger partial charge is 0.497 e. The van der Waals surface area contributed by atoms with Gasteiger partial charge in [-0.15, -0.1) is 11.6 Å². The molecule has 0 aliphatic heterocycles. The molecule has 0 saturated carbocycles. The Kier molecular flexibility index (Phi) is 2.64. The van der Waals surface area contributed by atoms with Crippen molar-refractivity contribution in [3.05, 3.63) is 40.2 Å². The first-order valence-electron chi connectivity index (χ1n) is 4.50. The van der Waals surface area contributed by atoms with Crippen LogP contribution in [0, 0.1) is 0 Å². The van der Waals surface area contributed by atoms with Gasteiger partial charge in [0.2, 0.25) is 0 Å². The van der Waals surface area contributed by atoms with Crippen molar-refractivity contribution in [2.75, 3.05) is 7.11 Å². The molecule has 0 fully saturated rings. The molecule has 0 radical (unpaired) electrons. The van der Waals surface area contributed by atoms with E-state index in [2.05, 4.69) is 4.98 Å². The third-order valence-electron chi connectivity index (χ3n) is 2.27. The molecule has 0 aliphatic rings. The number of ether oxygens (including phenoxy) is 1. The van der Waals surface area contributed by atoms with Crippen LogP contribution in [-0.2, 0) is 5.88 Å². The number of hydrogen-bond donors (Lipinski definition) is 1. The zero-order valence-corrected chi connectivity index (χ0v) is 8.97. The summed E-state index contributed by atoms with van der Waals surface area (Å²) in [5.74, 6) is 0.939. The predicted molar refractivity (Wildman–Crippen MR) is 60.7 cm³/mol. The standard InChI is InChI=1S/C11H10ClNO2/c1-15-9-3-2-7-4-8(6-12)11(14)13-10(7)5-9/h2-5H,6H2,1H3,(H,13,14). The molecule has 78 valence electrons. The Hall–Kier alpha value is -1.48. The molecule has 1 heterocycles. The fourth-order valence-electron chi connectivity index (χ4n) is 1.45. The number of rotatable bonds is 2. The fraction of sp³-hybridized carbons (Fsp3) is 0.182. The summed E-state index contributed by atoms with van der Waals surface area (Å²) in [5.41, 5.74) is 1.19. The average Bonchev–Trinajstić information content (AvgIpc) is 2.27. The third kappa shape index (κ3) is 1.83. The number of benzene rings is 1. The second kappa shape index (κ2) is 3.95. The summed E-state index contributed by atoms with van der Waals surface area (Å²) >= 11 is 5.65. The molecule has 4 heteroatoms. The maximum atomic E-state index is 11.5. The molecular formula is C11H10ClNO2. The van der Waals surface area contributed by atoms with Gasteiger partial charge in [0.05, 0.1) is 18.5 Å². The summed E-state index contributed by atoms with van der Waals surface area (Å²) in [5, 5.41) is 0.950. The van der Waals surface area contributed by atoms with Gasteiger partial charge in [0.15, 0.2) is 0 Å². The fourth-order valence-corrected chi connectivity index (χ4v) is 1.65. The van der Waals surface area contributed by atoms with E-state index in [1.54, 1.807) is 19.2 Å². The maximum absolute atomic E-state index is 11.5. The van der Waals surface area contributed by atoms with Crippen LogP contribution < -0.4 is 10.3 Å². The molecule has 0 amide bonds. The normalized spacial score (nSPS) is 10.5. The summed E-state index contributed by atoms with van der Waals surface area (Å²) in [6.07, 6.45) is 0. The van der Waals surface area contributed by atoms with E-state index >= 15 is 0 Å². The molecule has 0 bridgehead atoms. The highest BCUT2D eigenvalue weighted by atomic mass is 35.5. The maximum Gasteiger partial charge on any atom is 0.252 e. The molecule has 15 heavy (non-hydrogen) atoms. The zero-order valence-electron chi connectivity index (χ0n) is 8.21. The van der Waals surface area contributed by atoms with Crippen molar-refractivity contribution < 1.29 is 4.74 Å². The molecule has 0 atom stereocenters. The van der Waals surface area contributed by atoms with Crippen molar-refractivity contribution >= 4 is 22.5 Å². The van der Waals surface area contributed by atoms with Gasteiger partial charge in [-0.05, 0) is 23.6 Å². The van der Waals surface area contributed by atoms with Gasteiger partial charge in [-0.2, -0.15) is 0 Å². The molecule has 2 rings (SSSR count). The molecule has 1 aromatic heterocycles. The monoisotopic (exact) mass is 223 g/mol. The topological polar surface area (TPSA) is 42.1 Å². The number of aromatic nitrogens is 1. The Morgan fingerprint density at radius 2 is 2.20 bits per heavy atom. The number of nitrogens with one attached hydrogen (secondary N) is 1. The first-order chi connectivity index (χ1) is 7.24. The number of H-pyrrole nitrogens is 1. The minimum atomic E-state index is -0.147. The van der Waals surface area contributed by atoms with Gasteiger partial charge >= 0.3 is 0 Å². The Bertz CT molecular complexity index is 548. The summed E-state index contributed by atoms with van der Waals surface area (Å²) in [7, 11) is 1.59. The second-order valence-electron chi connectivity index (χ2n) is 3.21. The number of alkyl halides is 1. The van der Waals surface area contributed by atoms with Crippen LogP contribution in [0.5, 0.6) is 5.75 Å². The van der Waals surface area contributed by atoms with Crippen molar-refractivity contribution in [1.29, 1.82) is 0 Å². The number of methoxy groups -OCH3 is 1. The summed E-state index contributed by atoms with van der Waals surface area (Å²) < 4.78 is 5.07. The van der Waals surface area contributed by atoms with Crippen LogP contribution >= 0.6 is 11.6 Å². The van der Waals surface area contributed by atoms with E-state index in [0.29, 0.717) is 5.56 Å². The lowest BCUT2D eigenvalue weighted by molar-refractivity contribution is 0.415. The Labute approximate surface area is 91.6 Å². The van der Waals surface area contributed by atoms with Crippen molar-refractivity contribution in [3.63, 3.8) is 0 Å². The van der Waals surface area contributed by atoms with E-state index in [0.717, 1.165) is 16.7 Å². The van der Waals surface area contributed by atoms with Gasteiger partial charge < -0.3 is 9.72 Å². The highest BCUT2D eigenvalue weighted by Crippen LogP contribution is 2.18. The van der Waals surface area contributed by atoms with Gasteiger partial charge in [-0.1, -0.05) is 0 Å². The van der Waals surface area contributed by atoms with Crippen LogP contribution in [0.3, 0.4) is 0 Å². The Morgan fingerprint density at radius 1 is 1.40 bits per heavy atom. The van der Waals surface area contributed by atoms with E-state index in [-0.39, 0.29) is 11.4 Å². The number of pyridine rings is 1. The summed E-state index contributed by atoms with van der Waals surface area (Å²) in [6, 6.07) is 7.31. The molecule has 0 spiro atoms. The molecule has 2 aromatic rings. The molecule has 1 aromatic carbocycles. The molecule has 0 saturated heterocycles. The lowest BCUT2D eigenvalue weighted by Crippen LogP contribution is -2.10. The highest BCUT2D eigenvalue weighted by molar-refractivity contribution is 6.17. The van der Waals surface area contributed by atoms with Crippen LogP contribution in [0.25, 0.3) is 10.9 Å². The quantitative estimate of drug-likeness (QED) is 0.794. The minimum absolute atomic E-state index is 0.147. The number of halogens is 1. The van der Waals surface area contributed by atoms with Crippen LogP contribution in [0.1, 0.15) is 5.56 Å². The summed E-state index contributed by atoms with van der Waals surface area (Å²) in [6.45, 7) is 0. The van der Waals surface area contributed by atoms with Gasteiger partial charge in [-0.25, -0.2) is 0 Å². The molecule has 3 nitrogen and oxygen atoms in total. The summed E-state index contributed by atoms with van der Waals surface area (Å²) in [4.78, 5) is 14.2. The van der Waals surface area contributed by atoms with Crippen LogP contribution in [0.2, 0.25) is 0 Å². The number of aromatic amines is 1. The Morgan fingerprint density at radius 3 is 2.87 bits per heavy atom. The van der Waals surface area contributed by atoms with Gasteiger partial charge in [0.1, 0.15) is 5.75 Å². The molecular weight excluding hydrogens is 214 g/mol. The zero-order chi connectivity index (χ0) is 10.8. The average molecular weight is 224 g/mol. The first-order valence-corrected chi connectivity index (χ1v) is 5.04. The molecule has 1 N–H and O–H groups in total. The van der Waals surface area contributed by atoms with Crippen molar-refractivity contribution in [2.24, 2.45) is 0 Å². The van der Waals surface area contributed by atoms with E-state index < -0.39 is 0 Å². The van der Waals surface area contributed by atoms with Gasteiger partial charge in [0.25, 0.3) is 5.56 Å². The number of fused-ring (bicyclic) bond motifs is 1. The second-order valence-corrected chi connectivity index (χ2v) is 3.48. The minimum Gasteiger partial charge on any atom is -0.497 e. The van der Waals surface area contributed by atoms with E-state index in [4.69, 9.17) is 16.3 Å². The Balaban J connectivity index is 2.70. The lowest BCUT2D eigenvalue weighted by atomic mass is 10.1. The van der Waals surface area contributed by atoms with Crippen molar-refractivity contribution in [2.45, 2.75) is 5.88 Å². The van der Waals surface area contributed by atoms with Crippen LogP contribution in [0.15, 0.2) is 29.1 Å². The van der Waals surface area contributed by atoms with Crippen LogP contribution in [0.4, 0.5) is 0 Å². The number of hydrogen-bond acceptors (Lipinski definition) is 2. The predicted octanol–water partition coefficient (Wildman–Crippen LogP) is 2.28. The molecule has 0 aliphatic carbocycles. The highest BCUT2D eigenvalue weighted by Gasteiger charge is 2.02. The van der Waals surface area contributed by atoms with Gasteiger partial charge in [-0.3, -0.25) is 4.79 Å². The molecule has 0 unspecified atom stereocenters.